The van der Waals surface area contributed by atoms with E-state index >= 15 is 0 Å². The third-order valence-electron chi connectivity index (χ3n) is 6.57. The molecule has 190 valence electrons. The maximum Gasteiger partial charge on any atom is 0.344 e. The van der Waals surface area contributed by atoms with Crippen molar-refractivity contribution in [3.05, 3.63) is 59.2 Å². The van der Waals surface area contributed by atoms with Crippen molar-refractivity contribution in [1.82, 2.24) is 0 Å². The summed E-state index contributed by atoms with van der Waals surface area (Å²) < 4.78 is 38.9. The third-order valence-corrected chi connectivity index (χ3v) is 8.09. The number of esters is 2. The van der Waals surface area contributed by atoms with Crippen LogP contribution in [0, 0.1) is 31.6 Å². The monoisotopic (exact) mass is 501 g/mol. The molecule has 3 atom stereocenters. The number of hydrogen-bond acceptors (Lipinski definition) is 6. The lowest BCUT2D eigenvalue weighted by Crippen LogP contribution is -2.36. The Morgan fingerprint density at radius 1 is 1.06 bits per heavy atom. The Morgan fingerprint density at radius 2 is 1.74 bits per heavy atom. The van der Waals surface area contributed by atoms with Crippen molar-refractivity contribution in [2.75, 3.05) is 11.3 Å². The van der Waals surface area contributed by atoms with E-state index < -0.39 is 28.6 Å². The number of hydrogen-bond donors (Lipinski definition) is 1. The zero-order valence-corrected chi connectivity index (χ0v) is 21.9. The smallest absolute Gasteiger partial charge is 0.344 e. The molecule has 2 aromatic rings. The molecule has 0 amide bonds. The van der Waals surface area contributed by atoms with Gasteiger partial charge in [-0.25, -0.2) is 18.0 Å². The van der Waals surface area contributed by atoms with Crippen LogP contribution in [0.1, 0.15) is 61.5 Å². The van der Waals surface area contributed by atoms with Gasteiger partial charge in [0.2, 0.25) is 0 Å². The van der Waals surface area contributed by atoms with Crippen molar-refractivity contribution in [2.24, 2.45) is 17.8 Å². The lowest BCUT2D eigenvalue weighted by molar-refractivity contribution is -0.159. The molecule has 1 fully saturated rings. The molecule has 0 aliphatic heterocycles. The molecule has 0 heterocycles. The topological polar surface area (TPSA) is 98.8 Å². The summed E-state index contributed by atoms with van der Waals surface area (Å²) in [6.07, 6.45) is 2.81. The maximum atomic E-state index is 12.8. The first kappa shape index (κ1) is 26.7. The minimum Gasteiger partial charge on any atom is -0.460 e. The number of benzene rings is 2. The molecule has 8 heteroatoms. The first-order chi connectivity index (χ1) is 16.5. The lowest BCUT2D eigenvalue weighted by atomic mass is 9.75. The first-order valence-corrected chi connectivity index (χ1v) is 13.5. The number of nitrogens with one attached hydrogen (secondary N) is 1. The Morgan fingerprint density at radius 3 is 2.40 bits per heavy atom. The summed E-state index contributed by atoms with van der Waals surface area (Å²) >= 11 is 0. The van der Waals surface area contributed by atoms with E-state index in [2.05, 4.69) is 25.5 Å². The molecule has 35 heavy (non-hydrogen) atoms. The van der Waals surface area contributed by atoms with Gasteiger partial charge in [-0.05, 0) is 85.9 Å². The van der Waals surface area contributed by atoms with E-state index in [9.17, 15) is 18.0 Å². The standard InChI is InChI=1S/C27H35NO6S/c1-17(2)23-13-7-18(3)14-24(23)34-26(29)16-33-27(30)21-9-11-22(12-10-21)28-35(31,32)25-15-19(4)6-8-20(25)5/h6,8-12,15,17-18,23-24,28H,7,13-14,16H2,1-5H3/t18-,23-,24+/m0/s1. The summed E-state index contributed by atoms with van der Waals surface area (Å²) in [7, 11) is -3.78. The number of sulfonamides is 1. The molecule has 1 N–H and O–H groups in total. The molecule has 1 aliphatic rings. The van der Waals surface area contributed by atoms with Crippen LogP contribution in [0.2, 0.25) is 0 Å². The molecule has 0 spiro atoms. The highest BCUT2D eigenvalue weighted by Crippen LogP contribution is 2.35. The molecule has 1 aliphatic carbocycles. The SMILES string of the molecule is Cc1ccc(C)c(S(=O)(=O)Nc2ccc(C(=O)OCC(=O)O[C@@H]3C[C@@H](C)CC[C@H]3C(C)C)cc2)c1. The Bertz CT molecular complexity index is 1160. The van der Waals surface area contributed by atoms with Gasteiger partial charge in [0.05, 0.1) is 10.5 Å². The molecule has 0 unspecified atom stereocenters. The quantitative estimate of drug-likeness (QED) is 0.495. The molecular weight excluding hydrogens is 466 g/mol. The highest BCUT2D eigenvalue weighted by atomic mass is 32.2. The van der Waals surface area contributed by atoms with Crippen LogP contribution in [0.5, 0.6) is 0 Å². The van der Waals surface area contributed by atoms with E-state index in [1.807, 2.05) is 13.0 Å². The number of rotatable bonds is 8. The van der Waals surface area contributed by atoms with E-state index in [-0.39, 0.29) is 16.6 Å². The van der Waals surface area contributed by atoms with Crippen LogP contribution in [0.3, 0.4) is 0 Å². The summed E-state index contributed by atoms with van der Waals surface area (Å²) in [5, 5.41) is 0. The number of ether oxygens (including phenoxy) is 2. The van der Waals surface area contributed by atoms with Crippen LogP contribution in [0.25, 0.3) is 0 Å². The van der Waals surface area contributed by atoms with Crippen LogP contribution in [0.4, 0.5) is 5.69 Å². The number of carbonyl (C=O) groups is 2. The van der Waals surface area contributed by atoms with Crippen molar-refractivity contribution in [3.63, 3.8) is 0 Å². The fourth-order valence-corrected chi connectivity index (χ4v) is 5.93. The van der Waals surface area contributed by atoms with Gasteiger partial charge in [0.1, 0.15) is 6.10 Å². The predicted octanol–water partition coefficient (Wildman–Crippen LogP) is 5.27. The average Bonchev–Trinajstić information content (AvgIpc) is 2.79. The molecule has 3 rings (SSSR count). The van der Waals surface area contributed by atoms with Gasteiger partial charge in [0.25, 0.3) is 10.0 Å². The second kappa shape index (κ2) is 11.2. The van der Waals surface area contributed by atoms with Gasteiger partial charge in [-0.15, -0.1) is 0 Å². The highest BCUT2D eigenvalue weighted by molar-refractivity contribution is 7.92. The molecule has 1 saturated carbocycles. The van der Waals surface area contributed by atoms with Gasteiger partial charge in [-0.1, -0.05) is 39.3 Å². The van der Waals surface area contributed by atoms with Crippen molar-refractivity contribution < 1.29 is 27.5 Å². The van der Waals surface area contributed by atoms with Crippen LogP contribution < -0.4 is 4.72 Å². The molecule has 2 aromatic carbocycles. The maximum absolute atomic E-state index is 12.8. The average molecular weight is 502 g/mol. The fraction of sp³-hybridized carbons (Fsp3) is 0.481. The molecule has 0 bridgehead atoms. The van der Waals surface area contributed by atoms with E-state index in [4.69, 9.17) is 9.47 Å². The second-order valence-electron chi connectivity index (χ2n) is 9.88. The van der Waals surface area contributed by atoms with Crippen molar-refractivity contribution in [3.8, 4) is 0 Å². The molecule has 0 saturated heterocycles. The zero-order valence-electron chi connectivity index (χ0n) is 21.0. The number of carbonyl (C=O) groups excluding carboxylic acids is 2. The fourth-order valence-electron chi connectivity index (χ4n) is 4.54. The Kier molecular flexibility index (Phi) is 8.59. The predicted molar refractivity (Wildman–Crippen MR) is 135 cm³/mol. The van der Waals surface area contributed by atoms with Gasteiger partial charge in [-0.2, -0.15) is 0 Å². The molecule has 7 nitrogen and oxygen atoms in total. The van der Waals surface area contributed by atoms with Crippen molar-refractivity contribution >= 4 is 27.6 Å². The first-order valence-electron chi connectivity index (χ1n) is 12.0. The van der Waals surface area contributed by atoms with E-state index in [0.717, 1.165) is 24.8 Å². The van der Waals surface area contributed by atoms with Gasteiger partial charge in [0.15, 0.2) is 6.61 Å². The lowest BCUT2D eigenvalue weighted by Gasteiger charge is -2.36. The summed E-state index contributed by atoms with van der Waals surface area (Å²) in [5.74, 6) is -0.0141. The van der Waals surface area contributed by atoms with E-state index in [1.165, 1.54) is 24.3 Å². The van der Waals surface area contributed by atoms with Crippen LogP contribution in [0.15, 0.2) is 47.4 Å². The zero-order chi connectivity index (χ0) is 25.8. The van der Waals surface area contributed by atoms with Gasteiger partial charge >= 0.3 is 11.9 Å². The minimum absolute atomic E-state index is 0.158. The van der Waals surface area contributed by atoms with E-state index in [1.54, 1.807) is 19.1 Å². The van der Waals surface area contributed by atoms with Crippen molar-refractivity contribution in [2.45, 2.75) is 64.9 Å². The second-order valence-corrected chi connectivity index (χ2v) is 11.5. The Labute approximate surface area is 208 Å². The molecule has 0 radical (unpaired) electrons. The van der Waals surface area contributed by atoms with Crippen molar-refractivity contribution in [1.29, 1.82) is 0 Å². The highest BCUT2D eigenvalue weighted by Gasteiger charge is 2.33. The summed E-state index contributed by atoms with van der Waals surface area (Å²) in [5.41, 5.74) is 2.00. The van der Waals surface area contributed by atoms with Gasteiger partial charge < -0.3 is 9.47 Å². The van der Waals surface area contributed by atoms with Crippen LogP contribution in [-0.2, 0) is 24.3 Å². The Balaban J connectivity index is 1.56. The molecule has 0 aromatic heterocycles. The third kappa shape index (κ3) is 7.07. The summed E-state index contributed by atoms with van der Waals surface area (Å²) in [6, 6.07) is 11.1. The van der Waals surface area contributed by atoms with Crippen LogP contribution in [-0.4, -0.2) is 33.1 Å². The number of aryl methyl sites for hydroxylation is 2. The molecular formula is C27H35NO6S. The number of anilines is 1. The van der Waals surface area contributed by atoms with Gasteiger partial charge in [-0.3, -0.25) is 4.72 Å². The Hall–Kier alpha value is -2.87. The largest absolute Gasteiger partial charge is 0.460 e. The summed E-state index contributed by atoms with van der Waals surface area (Å²) in [6.45, 7) is 9.52. The van der Waals surface area contributed by atoms with E-state index in [0.29, 0.717) is 29.0 Å². The van der Waals surface area contributed by atoms with Crippen LogP contribution >= 0.6 is 0 Å². The minimum atomic E-state index is -3.78. The van der Waals surface area contributed by atoms with Gasteiger partial charge in [0, 0.05) is 5.69 Å². The normalized spacial score (nSPS) is 20.3. The summed E-state index contributed by atoms with van der Waals surface area (Å²) in [4.78, 5) is 24.9.